The van der Waals surface area contributed by atoms with Crippen molar-refractivity contribution in [2.75, 3.05) is 27.2 Å². The summed E-state index contributed by atoms with van der Waals surface area (Å²) < 4.78 is 7.79. The Balaban J connectivity index is 2.10. The van der Waals surface area contributed by atoms with Gasteiger partial charge in [-0.2, -0.15) is 0 Å². The first-order valence-corrected chi connectivity index (χ1v) is 7.37. The molecule has 2 aromatic carbocycles. The molecule has 4 heteroatoms. The van der Waals surface area contributed by atoms with E-state index >= 15 is 0 Å². The lowest BCUT2D eigenvalue weighted by Crippen LogP contribution is -2.19. The molecule has 0 unspecified atom stereocenters. The zero-order chi connectivity index (χ0) is 15.7. The molecule has 0 N–H and O–H groups in total. The number of aromatic nitrogens is 1. The lowest BCUT2D eigenvalue weighted by Gasteiger charge is -2.13. The number of aryl methyl sites for hydroxylation is 1. The fourth-order valence-corrected chi connectivity index (χ4v) is 2.66. The Hall–Kier alpha value is -2.33. The largest absolute Gasteiger partial charge is 0.492 e. The van der Waals surface area contributed by atoms with Crippen LogP contribution in [0.25, 0.3) is 21.8 Å². The molecule has 0 atom stereocenters. The van der Waals surface area contributed by atoms with Crippen molar-refractivity contribution >= 4 is 21.8 Å². The number of pyridine rings is 1. The van der Waals surface area contributed by atoms with E-state index < -0.39 is 0 Å². The number of fused-ring (bicyclic) bond motifs is 2. The average Bonchev–Trinajstić information content (AvgIpc) is 2.52. The maximum absolute atomic E-state index is 12.7. The van der Waals surface area contributed by atoms with Gasteiger partial charge in [-0.1, -0.05) is 12.1 Å². The van der Waals surface area contributed by atoms with Gasteiger partial charge in [-0.05, 0) is 44.4 Å². The van der Waals surface area contributed by atoms with E-state index in [2.05, 4.69) is 9.47 Å². The highest BCUT2D eigenvalue weighted by molar-refractivity contribution is 5.93. The standard InChI is InChI=1S/C18H20N2O2/c1-19(2)10-11-22-13-8-9-17-15(12-13)18(21)14-6-4-5-7-16(14)20(17)3/h4-9,12H,10-11H2,1-3H3. The Bertz CT molecular complexity index is 881. The third-order valence-corrected chi connectivity index (χ3v) is 3.89. The smallest absolute Gasteiger partial charge is 0.197 e. The van der Waals surface area contributed by atoms with Crippen molar-refractivity contribution in [2.24, 2.45) is 7.05 Å². The summed E-state index contributed by atoms with van der Waals surface area (Å²) in [4.78, 5) is 14.8. The van der Waals surface area contributed by atoms with Gasteiger partial charge in [0.05, 0.1) is 11.0 Å². The van der Waals surface area contributed by atoms with Crippen LogP contribution in [0.15, 0.2) is 47.3 Å². The topological polar surface area (TPSA) is 34.5 Å². The average molecular weight is 296 g/mol. The van der Waals surface area contributed by atoms with Crippen molar-refractivity contribution in [3.05, 3.63) is 52.7 Å². The second-order valence-corrected chi connectivity index (χ2v) is 5.74. The summed E-state index contributed by atoms with van der Waals surface area (Å²) in [5.74, 6) is 0.738. The minimum Gasteiger partial charge on any atom is -0.492 e. The molecule has 22 heavy (non-hydrogen) atoms. The van der Waals surface area contributed by atoms with Gasteiger partial charge in [0.2, 0.25) is 0 Å². The second-order valence-electron chi connectivity index (χ2n) is 5.74. The highest BCUT2D eigenvalue weighted by Crippen LogP contribution is 2.22. The fourth-order valence-electron chi connectivity index (χ4n) is 2.66. The highest BCUT2D eigenvalue weighted by atomic mass is 16.5. The van der Waals surface area contributed by atoms with Gasteiger partial charge in [0.1, 0.15) is 12.4 Å². The minimum atomic E-state index is 0.0572. The molecule has 0 aliphatic rings. The molecule has 114 valence electrons. The number of nitrogens with zero attached hydrogens (tertiary/aromatic N) is 2. The summed E-state index contributed by atoms with van der Waals surface area (Å²) in [7, 11) is 5.99. The molecule has 0 amide bonds. The van der Waals surface area contributed by atoms with E-state index in [0.29, 0.717) is 12.0 Å². The lowest BCUT2D eigenvalue weighted by atomic mass is 10.1. The Labute approximate surface area is 129 Å². The molecule has 1 heterocycles. The molecule has 0 aliphatic heterocycles. The van der Waals surface area contributed by atoms with Crippen LogP contribution in [0.1, 0.15) is 0 Å². The van der Waals surface area contributed by atoms with E-state index in [-0.39, 0.29) is 5.43 Å². The monoisotopic (exact) mass is 296 g/mol. The van der Waals surface area contributed by atoms with Gasteiger partial charge in [-0.25, -0.2) is 0 Å². The molecule has 0 saturated heterocycles. The molecule has 0 fully saturated rings. The zero-order valence-electron chi connectivity index (χ0n) is 13.2. The number of hydrogen-bond donors (Lipinski definition) is 0. The molecule has 0 bridgehead atoms. The fraction of sp³-hybridized carbons (Fsp3) is 0.278. The molecule has 3 rings (SSSR count). The number of likely N-dealkylation sites (N-methyl/N-ethyl adjacent to an activating group) is 1. The quantitative estimate of drug-likeness (QED) is 0.694. The van der Waals surface area contributed by atoms with Gasteiger partial charge in [0.25, 0.3) is 0 Å². The predicted molar refractivity (Wildman–Crippen MR) is 90.7 cm³/mol. The van der Waals surface area contributed by atoms with Crippen LogP contribution in [0.5, 0.6) is 5.75 Å². The summed E-state index contributed by atoms with van der Waals surface area (Å²) >= 11 is 0. The minimum absolute atomic E-state index is 0.0572. The molecule has 1 aromatic heterocycles. The molecular weight excluding hydrogens is 276 g/mol. The van der Waals surface area contributed by atoms with Crippen LogP contribution >= 0.6 is 0 Å². The van der Waals surface area contributed by atoms with Crippen molar-refractivity contribution in [2.45, 2.75) is 0 Å². The van der Waals surface area contributed by atoms with E-state index in [9.17, 15) is 4.79 Å². The molecule has 0 aliphatic carbocycles. The lowest BCUT2D eigenvalue weighted by molar-refractivity contribution is 0.261. The highest BCUT2D eigenvalue weighted by Gasteiger charge is 2.09. The van der Waals surface area contributed by atoms with Gasteiger partial charge in [0.15, 0.2) is 5.43 Å². The zero-order valence-corrected chi connectivity index (χ0v) is 13.2. The van der Waals surface area contributed by atoms with Crippen molar-refractivity contribution in [1.82, 2.24) is 9.47 Å². The molecule has 3 aromatic rings. The van der Waals surface area contributed by atoms with Crippen LogP contribution in [-0.4, -0.2) is 36.7 Å². The van der Waals surface area contributed by atoms with Crippen molar-refractivity contribution in [1.29, 1.82) is 0 Å². The van der Waals surface area contributed by atoms with E-state index in [1.807, 2.05) is 63.6 Å². The van der Waals surface area contributed by atoms with Gasteiger partial charge in [-0.3, -0.25) is 4.79 Å². The van der Waals surface area contributed by atoms with Crippen molar-refractivity contribution in [3.8, 4) is 5.75 Å². The maximum Gasteiger partial charge on any atom is 0.197 e. The van der Waals surface area contributed by atoms with Gasteiger partial charge in [0, 0.05) is 24.4 Å². The first-order chi connectivity index (χ1) is 10.6. The van der Waals surface area contributed by atoms with E-state index in [1.54, 1.807) is 0 Å². The van der Waals surface area contributed by atoms with Crippen LogP contribution in [0, 0.1) is 0 Å². The third-order valence-electron chi connectivity index (χ3n) is 3.89. The molecule has 0 radical (unpaired) electrons. The third kappa shape index (κ3) is 2.57. The number of rotatable bonds is 4. The Kier molecular flexibility index (Phi) is 3.86. The Morgan fingerprint density at radius 2 is 1.77 bits per heavy atom. The summed E-state index contributed by atoms with van der Waals surface area (Å²) in [6.45, 7) is 1.44. The van der Waals surface area contributed by atoms with Crippen LogP contribution in [0.4, 0.5) is 0 Å². The Morgan fingerprint density at radius 3 is 2.55 bits per heavy atom. The van der Waals surface area contributed by atoms with Crippen LogP contribution < -0.4 is 10.2 Å². The van der Waals surface area contributed by atoms with Crippen LogP contribution in [-0.2, 0) is 7.05 Å². The number of benzene rings is 2. The second kappa shape index (κ2) is 5.81. The predicted octanol–water partition coefficient (Wildman–Crippen LogP) is 2.63. The van der Waals surface area contributed by atoms with Crippen LogP contribution in [0.3, 0.4) is 0 Å². The first-order valence-electron chi connectivity index (χ1n) is 7.37. The summed E-state index contributed by atoms with van der Waals surface area (Å²) in [6, 6.07) is 13.4. The SMILES string of the molecule is CN(C)CCOc1ccc2c(c1)c(=O)c1ccccc1n2C. The van der Waals surface area contributed by atoms with E-state index in [0.717, 1.165) is 28.7 Å². The molecule has 0 saturated carbocycles. The summed E-state index contributed by atoms with van der Waals surface area (Å²) in [6.07, 6.45) is 0. The Morgan fingerprint density at radius 1 is 1.05 bits per heavy atom. The van der Waals surface area contributed by atoms with Gasteiger partial charge < -0.3 is 14.2 Å². The number of hydrogen-bond acceptors (Lipinski definition) is 3. The van der Waals surface area contributed by atoms with Crippen LogP contribution in [0.2, 0.25) is 0 Å². The maximum atomic E-state index is 12.7. The normalized spacial score (nSPS) is 11.5. The van der Waals surface area contributed by atoms with E-state index in [4.69, 9.17) is 4.74 Å². The summed E-state index contributed by atoms with van der Waals surface area (Å²) in [5, 5.41) is 1.44. The molecule has 4 nitrogen and oxygen atoms in total. The molecule has 0 spiro atoms. The van der Waals surface area contributed by atoms with Crippen molar-refractivity contribution in [3.63, 3.8) is 0 Å². The van der Waals surface area contributed by atoms with Gasteiger partial charge >= 0.3 is 0 Å². The summed E-state index contributed by atoms with van der Waals surface area (Å²) in [5.41, 5.74) is 1.92. The van der Waals surface area contributed by atoms with Crippen molar-refractivity contribution < 1.29 is 4.74 Å². The van der Waals surface area contributed by atoms with E-state index in [1.165, 1.54) is 0 Å². The molecular formula is C18H20N2O2. The van der Waals surface area contributed by atoms with Gasteiger partial charge in [-0.15, -0.1) is 0 Å². The number of para-hydroxylation sites is 1. The number of ether oxygens (including phenoxy) is 1. The first kappa shape index (κ1) is 14.6.